The molecule has 0 aliphatic carbocycles. The average molecular weight is 465 g/mol. The molecule has 0 aromatic heterocycles. The number of cyclic esters (lactones) is 2. The lowest BCUT2D eigenvalue weighted by Gasteiger charge is -2.13. The molecule has 2 atom stereocenters. The maximum Gasteiger partial charge on any atom is 0.317 e. The highest BCUT2D eigenvalue weighted by Crippen LogP contribution is 2.32. The number of esters is 2. The second kappa shape index (κ2) is 21.7. The van der Waals surface area contributed by atoms with Crippen molar-refractivity contribution in [3.05, 3.63) is 0 Å². The van der Waals surface area contributed by atoms with Crippen molar-refractivity contribution < 1.29 is 14.3 Å². The van der Waals surface area contributed by atoms with Crippen LogP contribution in [-0.4, -0.2) is 11.9 Å². The van der Waals surface area contributed by atoms with Gasteiger partial charge < -0.3 is 4.74 Å². The summed E-state index contributed by atoms with van der Waals surface area (Å²) in [5.74, 6) is -0.835. The Labute approximate surface area is 206 Å². The summed E-state index contributed by atoms with van der Waals surface area (Å²) in [5.41, 5.74) is 0. The standard InChI is InChI=1S/C30H56O3/c1-3-5-7-9-11-13-15-17-19-21-23-25-27-28(30(32)33-29(27)31)26-24-22-20-18-16-14-12-10-8-6-4-2/h27-28H,3-26H2,1-2H3. The van der Waals surface area contributed by atoms with Gasteiger partial charge in [-0.05, 0) is 12.8 Å². The quantitative estimate of drug-likeness (QED) is 0.0811. The van der Waals surface area contributed by atoms with Gasteiger partial charge in [-0.3, -0.25) is 9.59 Å². The van der Waals surface area contributed by atoms with Gasteiger partial charge in [-0.25, -0.2) is 0 Å². The molecule has 0 aromatic rings. The van der Waals surface area contributed by atoms with E-state index >= 15 is 0 Å². The molecular weight excluding hydrogens is 408 g/mol. The molecule has 1 aliphatic heterocycles. The van der Waals surface area contributed by atoms with Crippen molar-refractivity contribution in [3.8, 4) is 0 Å². The molecule has 1 heterocycles. The van der Waals surface area contributed by atoms with E-state index in [1.54, 1.807) is 0 Å². The van der Waals surface area contributed by atoms with Crippen LogP contribution < -0.4 is 0 Å². The second-order valence-electron chi connectivity index (χ2n) is 10.6. The number of rotatable bonds is 24. The zero-order valence-electron chi connectivity index (χ0n) is 22.4. The van der Waals surface area contributed by atoms with Crippen LogP contribution >= 0.6 is 0 Å². The molecule has 33 heavy (non-hydrogen) atoms. The fraction of sp³-hybridized carbons (Fsp3) is 0.933. The van der Waals surface area contributed by atoms with Gasteiger partial charge in [0.1, 0.15) is 0 Å². The minimum atomic E-state index is -0.250. The molecule has 1 aliphatic rings. The SMILES string of the molecule is CCCCCCCCCCCCCC1C(=O)OC(=O)C1CCCCCCCCCCCCC. The first-order valence-electron chi connectivity index (χ1n) is 15.0. The maximum atomic E-state index is 12.2. The molecular formula is C30H56O3. The number of ether oxygens (including phenoxy) is 1. The summed E-state index contributed by atoms with van der Waals surface area (Å²) in [5, 5.41) is 0. The Kier molecular flexibility index (Phi) is 19.8. The van der Waals surface area contributed by atoms with Gasteiger partial charge in [-0.1, -0.05) is 155 Å². The molecule has 0 amide bonds. The van der Waals surface area contributed by atoms with Gasteiger partial charge >= 0.3 is 11.9 Å². The molecule has 0 saturated carbocycles. The summed E-state index contributed by atoms with van der Waals surface area (Å²) in [6, 6.07) is 0. The zero-order valence-corrected chi connectivity index (χ0v) is 22.4. The molecule has 1 fully saturated rings. The fourth-order valence-electron chi connectivity index (χ4n) is 5.27. The number of unbranched alkanes of at least 4 members (excludes halogenated alkanes) is 20. The van der Waals surface area contributed by atoms with E-state index in [1.807, 2.05) is 0 Å². The Hall–Kier alpha value is -0.860. The van der Waals surface area contributed by atoms with Crippen LogP contribution in [0.4, 0.5) is 0 Å². The van der Waals surface area contributed by atoms with Crippen LogP contribution in [0.3, 0.4) is 0 Å². The second-order valence-corrected chi connectivity index (χ2v) is 10.6. The highest BCUT2D eigenvalue weighted by atomic mass is 16.6. The molecule has 3 nitrogen and oxygen atoms in total. The van der Waals surface area contributed by atoms with E-state index in [-0.39, 0.29) is 23.8 Å². The summed E-state index contributed by atoms with van der Waals surface area (Å²) >= 11 is 0. The van der Waals surface area contributed by atoms with Crippen LogP contribution in [0.25, 0.3) is 0 Å². The molecule has 0 N–H and O–H groups in total. The predicted molar refractivity (Wildman–Crippen MR) is 140 cm³/mol. The van der Waals surface area contributed by atoms with E-state index in [1.165, 1.54) is 128 Å². The first-order valence-corrected chi connectivity index (χ1v) is 15.0. The lowest BCUT2D eigenvalue weighted by atomic mass is 9.86. The lowest BCUT2D eigenvalue weighted by Crippen LogP contribution is -2.18. The van der Waals surface area contributed by atoms with Gasteiger partial charge in [0.2, 0.25) is 0 Å². The normalized spacial score (nSPS) is 18.2. The van der Waals surface area contributed by atoms with E-state index in [0.29, 0.717) is 0 Å². The zero-order chi connectivity index (χ0) is 24.0. The third kappa shape index (κ3) is 15.6. The number of hydrogen-bond donors (Lipinski definition) is 0. The molecule has 2 unspecified atom stereocenters. The fourth-order valence-corrected chi connectivity index (χ4v) is 5.27. The molecule has 194 valence electrons. The molecule has 1 rings (SSSR count). The average Bonchev–Trinajstić information content (AvgIpc) is 3.08. The summed E-state index contributed by atoms with van der Waals surface area (Å²) in [6.45, 7) is 4.53. The van der Waals surface area contributed by atoms with E-state index in [9.17, 15) is 9.59 Å². The predicted octanol–water partition coefficient (Wildman–Crippen LogP) is 9.70. The highest BCUT2D eigenvalue weighted by Gasteiger charge is 2.42. The third-order valence-corrected chi connectivity index (χ3v) is 7.53. The minimum absolute atomic E-state index is 0.167. The van der Waals surface area contributed by atoms with Crippen LogP contribution in [0.1, 0.15) is 168 Å². The topological polar surface area (TPSA) is 43.4 Å². The van der Waals surface area contributed by atoms with Gasteiger partial charge in [0.25, 0.3) is 0 Å². The summed E-state index contributed by atoms with van der Waals surface area (Å²) in [6.07, 6.45) is 30.5. The van der Waals surface area contributed by atoms with Gasteiger partial charge in [-0.15, -0.1) is 0 Å². The number of carbonyl (C=O) groups excluding carboxylic acids is 2. The molecule has 0 aromatic carbocycles. The van der Waals surface area contributed by atoms with Gasteiger partial charge in [0.15, 0.2) is 0 Å². The van der Waals surface area contributed by atoms with Gasteiger partial charge in [0.05, 0.1) is 11.8 Å². The van der Waals surface area contributed by atoms with Crippen LogP contribution in [0, 0.1) is 11.8 Å². The van der Waals surface area contributed by atoms with Crippen LogP contribution in [-0.2, 0) is 14.3 Å². The van der Waals surface area contributed by atoms with Crippen molar-refractivity contribution in [2.75, 3.05) is 0 Å². The van der Waals surface area contributed by atoms with E-state index in [0.717, 1.165) is 25.7 Å². The Balaban J connectivity index is 2.02. The van der Waals surface area contributed by atoms with Crippen molar-refractivity contribution in [3.63, 3.8) is 0 Å². The summed E-state index contributed by atoms with van der Waals surface area (Å²) in [4.78, 5) is 24.3. The largest absolute Gasteiger partial charge is 0.393 e. The van der Waals surface area contributed by atoms with Crippen molar-refractivity contribution in [2.24, 2.45) is 11.8 Å². The van der Waals surface area contributed by atoms with Crippen LogP contribution in [0.2, 0.25) is 0 Å². The molecule has 0 bridgehead atoms. The lowest BCUT2D eigenvalue weighted by molar-refractivity contribution is -0.153. The van der Waals surface area contributed by atoms with Crippen LogP contribution in [0.5, 0.6) is 0 Å². The first kappa shape index (κ1) is 30.2. The summed E-state index contributed by atoms with van der Waals surface area (Å²) in [7, 11) is 0. The maximum absolute atomic E-state index is 12.2. The molecule has 3 heteroatoms. The van der Waals surface area contributed by atoms with Crippen molar-refractivity contribution in [2.45, 2.75) is 168 Å². The molecule has 1 saturated heterocycles. The Morgan fingerprint density at radius 3 is 0.939 bits per heavy atom. The monoisotopic (exact) mass is 464 g/mol. The van der Waals surface area contributed by atoms with Gasteiger partial charge in [-0.2, -0.15) is 0 Å². The van der Waals surface area contributed by atoms with Gasteiger partial charge in [0, 0.05) is 0 Å². The van der Waals surface area contributed by atoms with E-state index < -0.39 is 0 Å². The smallest absolute Gasteiger partial charge is 0.317 e. The number of carbonyl (C=O) groups is 2. The summed E-state index contributed by atoms with van der Waals surface area (Å²) < 4.78 is 5.01. The highest BCUT2D eigenvalue weighted by molar-refractivity contribution is 5.96. The van der Waals surface area contributed by atoms with Crippen molar-refractivity contribution in [1.82, 2.24) is 0 Å². The first-order chi connectivity index (χ1) is 16.2. The Morgan fingerprint density at radius 1 is 0.424 bits per heavy atom. The third-order valence-electron chi connectivity index (χ3n) is 7.53. The Morgan fingerprint density at radius 2 is 0.667 bits per heavy atom. The van der Waals surface area contributed by atoms with Crippen molar-refractivity contribution >= 4 is 11.9 Å². The van der Waals surface area contributed by atoms with E-state index in [2.05, 4.69) is 13.8 Å². The van der Waals surface area contributed by atoms with Crippen molar-refractivity contribution in [1.29, 1.82) is 0 Å². The number of hydrogen-bond acceptors (Lipinski definition) is 3. The minimum Gasteiger partial charge on any atom is -0.393 e. The molecule has 0 radical (unpaired) electrons. The molecule has 0 spiro atoms. The Bertz CT molecular complexity index is 431. The van der Waals surface area contributed by atoms with Crippen LogP contribution in [0.15, 0.2) is 0 Å². The van der Waals surface area contributed by atoms with E-state index in [4.69, 9.17) is 4.74 Å².